The number of hydrogen-bond acceptors (Lipinski definition) is 6. The van der Waals surface area contributed by atoms with Crippen LogP contribution in [-0.4, -0.2) is 23.0 Å². The number of nitrogens with one attached hydrogen (secondary N) is 2. The van der Waals surface area contributed by atoms with Crippen LogP contribution in [0.4, 0.5) is 4.79 Å². The summed E-state index contributed by atoms with van der Waals surface area (Å²) in [5.74, 6) is -1.14. The Bertz CT molecular complexity index is 734. The van der Waals surface area contributed by atoms with Crippen molar-refractivity contribution in [3.63, 3.8) is 0 Å². The average Bonchev–Trinajstić information content (AvgIpc) is 2.37. The second-order valence-electron chi connectivity index (χ2n) is 4.05. The molecule has 2 aromatic rings. The molecule has 0 radical (unpaired) electrons. The van der Waals surface area contributed by atoms with Gasteiger partial charge in [0.15, 0.2) is 0 Å². The highest BCUT2D eigenvalue weighted by molar-refractivity contribution is 6.14. The lowest BCUT2D eigenvalue weighted by atomic mass is 10.2. The van der Waals surface area contributed by atoms with Crippen molar-refractivity contribution in [2.24, 2.45) is 0 Å². The van der Waals surface area contributed by atoms with Gasteiger partial charge in [-0.25, -0.2) is 9.59 Å². The molecule has 8 heteroatoms. The maximum absolute atomic E-state index is 10.8. The molecule has 2 heterocycles. The number of barbiturate groups is 1. The zero-order valence-electron chi connectivity index (χ0n) is 10.6. The molecule has 1 aliphatic rings. The summed E-state index contributed by atoms with van der Waals surface area (Å²) < 4.78 is 4.83. The fourth-order valence-electron chi connectivity index (χ4n) is 1.61. The van der Waals surface area contributed by atoms with Crippen molar-refractivity contribution in [1.82, 2.24) is 10.6 Å². The van der Waals surface area contributed by atoms with Gasteiger partial charge in [-0.15, -0.1) is 0 Å². The number of urea groups is 1. The molecular formula is C13H10N2O6. The molecule has 0 atom stereocenters. The van der Waals surface area contributed by atoms with Crippen molar-refractivity contribution < 1.29 is 23.9 Å². The van der Waals surface area contributed by atoms with Crippen LogP contribution in [0.2, 0.25) is 0 Å². The lowest BCUT2D eigenvalue weighted by Gasteiger charge is -2.09. The van der Waals surface area contributed by atoms with E-state index in [1.165, 1.54) is 0 Å². The quantitative estimate of drug-likeness (QED) is 0.471. The first-order valence-electron chi connectivity index (χ1n) is 5.81. The van der Waals surface area contributed by atoms with Crippen molar-refractivity contribution in [2.45, 2.75) is 6.42 Å². The number of carbonyl (C=O) groups excluding carboxylic acids is 3. The number of hydrogen-bond donors (Lipinski definition) is 3. The van der Waals surface area contributed by atoms with Crippen LogP contribution in [0.3, 0.4) is 0 Å². The fraction of sp³-hybridized carbons (Fsp3) is 0.0769. The number of fused-ring (bicyclic) bond motifs is 1. The second kappa shape index (κ2) is 5.87. The Labute approximate surface area is 117 Å². The van der Waals surface area contributed by atoms with Gasteiger partial charge < -0.3 is 9.52 Å². The molecule has 1 aliphatic heterocycles. The largest absolute Gasteiger partial charge is 0.507 e. The number of benzene rings is 1. The third-order valence-corrected chi connectivity index (χ3v) is 2.46. The molecule has 1 aromatic heterocycles. The molecule has 0 spiro atoms. The van der Waals surface area contributed by atoms with E-state index in [1.807, 2.05) is 10.6 Å². The van der Waals surface area contributed by atoms with E-state index >= 15 is 0 Å². The van der Waals surface area contributed by atoms with Gasteiger partial charge >= 0.3 is 11.7 Å². The van der Waals surface area contributed by atoms with Crippen LogP contribution in [-0.2, 0) is 9.59 Å². The van der Waals surface area contributed by atoms with Gasteiger partial charge in [0.05, 0.1) is 11.5 Å². The first kappa shape index (κ1) is 14.3. The first-order valence-corrected chi connectivity index (χ1v) is 5.81. The zero-order chi connectivity index (χ0) is 15.4. The van der Waals surface area contributed by atoms with Crippen LogP contribution in [0.15, 0.2) is 39.5 Å². The van der Waals surface area contributed by atoms with Crippen LogP contribution in [0.1, 0.15) is 6.42 Å². The Kier molecular flexibility index (Phi) is 3.98. The minimum Gasteiger partial charge on any atom is -0.507 e. The van der Waals surface area contributed by atoms with Gasteiger partial charge in [0.1, 0.15) is 17.8 Å². The molecule has 21 heavy (non-hydrogen) atoms. The maximum Gasteiger partial charge on any atom is 0.339 e. The fourth-order valence-corrected chi connectivity index (χ4v) is 1.61. The summed E-state index contributed by atoms with van der Waals surface area (Å²) >= 11 is 0. The zero-order valence-corrected chi connectivity index (χ0v) is 10.6. The van der Waals surface area contributed by atoms with Crippen LogP contribution < -0.4 is 16.3 Å². The number of amides is 4. The standard InChI is InChI=1S/C9H6O3.C4H4N2O3/c10-7-5-9(11)12-8-4-2-1-3-6(7)8;7-2-1-3(8)6-4(9)5-2/h1-5,10H;1H2,(H2,5,6,7,8,9). The summed E-state index contributed by atoms with van der Waals surface area (Å²) in [7, 11) is 0. The van der Waals surface area contributed by atoms with Crippen LogP contribution in [0.25, 0.3) is 11.0 Å². The van der Waals surface area contributed by atoms with Gasteiger partial charge in [-0.3, -0.25) is 20.2 Å². The Morgan fingerprint density at radius 1 is 1.00 bits per heavy atom. The van der Waals surface area contributed by atoms with Gasteiger partial charge in [-0.2, -0.15) is 0 Å². The highest BCUT2D eigenvalue weighted by Crippen LogP contribution is 2.20. The minimum absolute atomic E-state index is 0.0400. The summed E-state index contributed by atoms with van der Waals surface area (Å²) in [4.78, 5) is 41.6. The van der Waals surface area contributed by atoms with E-state index in [2.05, 4.69) is 0 Å². The summed E-state index contributed by atoms with van der Waals surface area (Å²) in [6, 6.07) is 7.15. The normalized spacial score (nSPS) is 14.0. The van der Waals surface area contributed by atoms with Crippen molar-refractivity contribution in [3.8, 4) is 5.75 Å². The molecule has 4 amide bonds. The van der Waals surface area contributed by atoms with E-state index in [0.717, 1.165) is 6.07 Å². The molecule has 1 saturated heterocycles. The highest BCUT2D eigenvalue weighted by atomic mass is 16.4. The predicted molar refractivity (Wildman–Crippen MR) is 70.4 cm³/mol. The molecule has 1 aromatic carbocycles. The number of imide groups is 2. The molecule has 108 valence electrons. The maximum atomic E-state index is 10.8. The highest BCUT2D eigenvalue weighted by Gasteiger charge is 2.20. The van der Waals surface area contributed by atoms with Crippen molar-refractivity contribution >= 4 is 28.8 Å². The predicted octanol–water partition coefficient (Wildman–Crippen LogP) is 0.241. The van der Waals surface area contributed by atoms with E-state index in [-0.39, 0.29) is 12.2 Å². The number of aromatic hydroxyl groups is 1. The molecule has 8 nitrogen and oxygen atoms in total. The van der Waals surface area contributed by atoms with Crippen LogP contribution in [0.5, 0.6) is 5.75 Å². The van der Waals surface area contributed by atoms with E-state index in [0.29, 0.717) is 11.0 Å². The molecule has 0 unspecified atom stereocenters. The third-order valence-electron chi connectivity index (χ3n) is 2.46. The van der Waals surface area contributed by atoms with Crippen molar-refractivity contribution in [1.29, 1.82) is 0 Å². The second-order valence-corrected chi connectivity index (χ2v) is 4.05. The van der Waals surface area contributed by atoms with Gasteiger partial charge in [-0.05, 0) is 12.1 Å². The number of carbonyl (C=O) groups is 3. The SMILES string of the molecule is O=C1CC(=O)NC(=O)N1.O=c1cc(O)c2ccccc2o1. The van der Waals surface area contributed by atoms with Gasteiger partial charge in [-0.1, -0.05) is 12.1 Å². The Morgan fingerprint density at radius 3 is 2.24 bits per heavy atom. The minimum atomic E-state index is -0.740. The van der Waals surface area contributed by atoms with Crippen LogP contribution >= 0.6 is 0 Å². The number of rotatable bonds is 0. The molecular weight excluding hydrogens is 280 g/mol. The first-order chi connectivity index (χ1) is 9.95. The molecule has 0 saturated carbocycles. The van der Waals surface area contributed by atoms with E-state index < -0.39 is 23.5 Å². The molecule has 3 rings (SSSR count). The lowest BCUT2D eigenvalue weighted by molar-refractivity contribution is -0.129. The molecule has 1 fully saturated rings. The Balaban J connectivity index is 0.000000161. The topological polar surface area (TPSA) is 126 Å². The molecule has 0 aliphatic carbocycles. The monoisotopic (exact) mass is 290 g/mol. The Morgan fingerprint density at radius 2 is 1.62 bits per heavy atom. The van der Waals surface area contributed by atoms with Crippen molar-refractivity contribution in [3.05, 3.63) is 40.8 Å². The summed E-state index contributed by atoms with van der Waals surface area (Å²) in [5, 5.41) is 13.6. The molecule has 3 N–H and O–H groups in total. The van der Waals surface area contributed by atoms with Crippen LogP contribution in [0, 0.1) is 0 Å². The van der Waals surface area contributed by atoms with Gasteiger partial charge in [0.25, 0.3) is 0 Å². The summed E-state index contributed by atoms with van der Waals surface area (Å²) in [5.41, 5.74) is -0.131. The van der Waals surface area contributed by atoms with E-state index in [9.17, 15) is 24.3 Å². The number of para-hydroxylation sites is 1. The molecule has 0 bridgehead atoms. The smallest absolute Gasteiger partial charge is 0.339 e. The summed E-state index contributed by atoms with van der Waals surface area (Å²) in [6.45, 7) is 0. The summed E-state index contributed by atoms with van der Waals surface area (Å²) in [6.07, 6.45) is -0.258. The lowest BCUT2D eigenvalue weighted by Crippen LogP contribution is -2.49. The third kappa shape index (κ3) is 3.66. The van der Waals surface area contributed by atoms with Gasteiger partial charge in [0.2, 0.25) is 11.8 Å². The van der Waals surface area contributed by atoms with E-state index in [1.54, 1.807) is 24.3 Å². The Hall–Kier alpha value is -3.16. The van der Waals surface area contributed by atoms with E-state index in [4.69, 9.17) is 4.42 Å². The average molecular weight is 290 g/mol. The van der Waals surface area contributed by atoms with Gasteiger partial charge in [0, 0.05) is 0 Å². The van der Waals surface area contributed by atoms with Crippen molar-refractivity contribution in [2.75, 3.05) is 0 Å².